The monoisotopic (exact) mass is 323 g/mol. The second kappa shape index (κ2) is 6.83. The fourth-order valence-corrected chi connectivity index (χ4v) is 2.13. The van der Waals surface area contributed by atoms with Gasteiger partial charge < -0.3 is 10.1 Å². The van der Waals surface area contributed by atoms with Crippen LogP contribution in [0.15, 0.2) is 42.5 Å². The van der Waals surface area contributed by atoms with Gasteiger partial charge in [-0.2, -0.15) is 0 Å². The predicted octanol–water partition coefficient (Wildman–Crippen LogP) is 5.03. The van der Waals surface area contributed by atoms with Gasteiger partial charge in [0.25, 0.3) is 5.91 Å². The van der Waals surface area contributed by atoms with Gasteiger partial charge in [-0.1, -0.05) is 35.3 Å². The fourth-order valence-electron chi connectivity index (χ4n) is 1.79. The highest BCUT2D eigenvalue weighted by Gasteiger charge is 2.14. The SMILES string of the molecule is CC(C)Oc1ccccc1C(=O)Nc1cc(Cl)ccc1Cl. The molecule has 3 nitrogen and oxygen atoms in total. The zero-order chi connectivity index (χ0) is 15.4. The summed E-state index contributed by atoms with van der Waals surface area (Å²) in [5, 5.41) is 3.67. The predicted molar refractivity (Wildman–Crippen MR) is 86.6 cm³/mol. The van der Waals surface area contributed by atoms with Crippen molar-refractivity contribution in [2.75, 3.05) is 5.32 Å². The molecule has 0 spiro atoms. The summed E-state index contributed by atoms with van der Waals surface area (Å²) in [7, 11) is 0. The first-order chi connectivity index (χ1) is 9.97. The van der Waals surface area contributed by atoms with Crippen molar-refractivity contribution in [1.29, 1.82) is 0 Å². The standard InChI is InChI=1S/C16H15Cl2NO2/c1-10(2)21-15-6-4-3-5-12(15)16(20)19-14-9-11(17)7-8-13(14)18/h3-10H,1-2H3,(H,19,20). The quantitative estimate of drug-likeness (QED) is 0.856. The molecule has 2 aromatic carbocycles. The number of amides is 1. The first kappa shape index (κ1) is 15.7. The van der Waals surface area contributed by atoms with E-state index in [1.807, 2.05) is 19.9 Å². The molecule has 21 heavy (non-hydrogen) atoms. The smallest absolute Gasteiger partial charge is 0.259 e. The summed E-state index contributed by atoms with van der Waals surface area (Å²) >= 11 is 12.0. The summed E-state index contributed by atoms with van der Waals surface area (Å²) in [4.78, 5) is 12.4. The number of benzene rings is 2. The number of rotatable bonds is 4. The number of halogens is 2. The summed E-state index contributed by atoms with van der Waals surface area (Å²) in [5.41, 5.74) is 0.913. The van der Waals surface area contributed by atoms with Crippen LogP contribution in [0.2, 0.25) is 10.0 Å². The number of ether oxygens (including phenoxy) is 1. The molecule has 0 bridgehead atoms. The van der Waals surface area contributed by atoms with E-state index in [4.69, 9.17) is 27.9 Å². The Balaban J connectivity index is 2.26. The average Bonchev–Trinajstić information content (AvgIpc) is 2.42. The molecule has 0 atom stereocenters. The van der Waals surface area contributed by atoms with Crippen molar-refractivity contribution in [3.8, 4) is 5.75 Å². The van der Waals surface area contributed by atoms with Crippen LogP contribution in [-0.4, -0.2) is 12.0 Å². The van der Waals surface area contributed by atoms with Crippen molar-refractivity contribution in [3.63, 3.8) is 0 Å². The van der Waals surface area contributed by atoms with Crippen molar-refractivity contribution in [1.82, 2.24) is 0 Å². The lowest BCUT2D eigenvalue weighted by molar-refractivity contribution is 0.102. The zero-order valence-corrected chi connectivity index (χ0v) is 13.2. The molecule has 0 aliphatic carbocycles. The van der Waals surface area contributed by atoms with Gasteiger partial charge >= 0.3 is 0 Å². The van der Waals surface area contributed by atoms with Gasteiger partial charge in [0.2, 0.25) is 0 Å². The molecule has 0 aliphatic heterocycles. The number of nitrogens with one attached hydrogen (secondary N) is 1. The molecular formula is C16H15Cl2NO2. The van der Waals surface area contributed by atoms with E-state index in [9.17, 15) is 4.79 Å². The number of carbonyl (C=O) groups is 1. The second-order valence-electron chi connectivity index (χ2n) is 4.74. The number of hydrogen-bond acceptors (Lipinski definition) is 2. The van der Waals surface area contributed by atoms with Crippen LogP contribution in [0.25, 0.3) is 0 Å². The molecule has 0 saturated heterocycles. The Hall–Kier alpha value is -1.71. The molecule has 2 rings (SSSR count). The number of hydrogen-bond donors (Lipinski definition) is 1. The van der Waals surface area contributed by atoms with Crippen molar-refractivity contribution in [3.05, 3.63) is 58.1 Å². The Morgan fingerprint density at radius 2 is 1.86 bits per heavy atom. The molecule has 2 aromatic rings. The molecular weight excluding hydrogens is 309 g/mol. The maximum atomic E-state index is 12.4. The van der Waals surface area contributed by atoms with Crippen molar-refractivity contribution in [2.45, 2.75) is 20.0 Å². The molecule has 110 valence electrons. The van der Waals surface area contributed by atoms with Crippen LogP contribution in [-0.2, 0) is 0 Å². The first-order valence-corrected chi connectivity index (χ1v) is 7.25. The zero-order valence-electron chi connectivity index (χ0n) is 11.7. The van der Waals surface area contributed by atoms with Gasteiger partial charge in [0, 0.05) is 5.02 Å². The van der Waals surface area contributed by atoms with E-state index in [2.05, 4.69) is 5.32 Å². The Morgan fingerprint density at radius 3 is 2.57 bits per heavy atom. The average molecular weight is 324 g/mol. The van der Waals surface area contributed by atoms with Crippen LogP contribution in [0.5, 0.6) is 5.75 Å². The van der Waals surface area contributed by atoms with E-state index >= 15 is 0 Å². The minimum atomic E-state index is -0.296. The highest BCUT2D eigenvalue weighted by molar-refractivity contribution is 6.35. The maximum Gasteiger partial charge on any atom is 0.259 e. The highest BCUT2D eigenvalue weighted by atomic mass is 35.5. The largest absolute Gasteiger partial charge is 0.490 e. The minimum absolute atomic E-state index is 0.0197. The van der Waals surface area contributed by atoms with Crippen molar-refractivity contribution < 1.29 is 9.53 Å². The fraction of sp³-hybridized carbons (Fsp3) is 0.188. The van der Waals surface area contributed by atoms with Crippen LogP contribution >= 0.6 is 23.2 Å². The third-order valence-corrected chi connectivity index (χ3v) is 3.24. The van der Waals surface area contributed by atoms with E-state index in [0.29, 0.717) is 27.0 Å². The van der Waals surface area contributed by atoms with Crippen molar-refractivity contribution in [2.24, 2.45) is 0 Å². The third-order valence-electron chi connectivity index (χ3n) is 2.67. The first-order valence-electron chi connectivity index (χ1n) is 6.49. The second-order valence-corrected chi connectivity index (χ2v) is 5.58. The molecule has 0 unspecified atom stereocenters. The molecule has 1 amide bonds. The normalized spacial score (nSPS) is 10.5. The van der Waals surface area contributed by atoms with Crippen molar-refractivity contribution >= 4 is 34.8 Å². The summed E-state index contributed by atoms with van der Waals surface area (Å²) in [5.74, 6) is 0.235. The van der Waals surface area contributed by atoms with Crippen LogP contribution in [0.1, 0.15) is 24.2 Å². The molecule has 0 aromatic heterocycles. The number of para-hydroxylation sites is 1. The Bertz CT molecular complexity index is 656. The van der Waals surface area contributed by atoms with Gasteiger partial charge in [0.05, 0.1) is 22.4 Å². The van der Waals surface area contributed by atoms with Gasteiger partial charge in [-0.15, -0.1) is 0 Å². The van der Waals surface area contributed by atoms with Crippen LogP contribution in [0.3, 0.4) is 0 Å². The molecule has 0 fully saturated rings. The van der Waals surface area contributed by atoms with Gasteiger partial charge in [0.15, 0.2) is 0 Å². The maximum absolute atomic E-state index is 12.4. The lowest BCUT2D eigenvalue weighted by atomic mass is 10.1. The lowest BCUT2D eigenvalue weighted by Gasteiger charge is -2.14. The van der Waals surface area contributed by atoms with E-state index < -0.39 is 0 Å². The summed E-state index contributed by atoms with van der Waals surface area (Å²) in [6, 6.07) is 12.0. The van der Waals surface area contributed by atoms with Gasteiger partial charge in [-0.25, -0.2) is 0 Å². The minimum Gasteiger partial charge on any atom is -0.490 e. The molecule has 0 radical (unpaired) electrons. The summed E-state index contributed by atoms with van der Waals surface area (Å²) < 4.78 is 5.64. The van der Waals surface area contributed by atoms with Gasteiger partial charge in [-0.3, -0.25) is 4.79 Å². The lowest BCUT2D eigenvalue weighted by Crippen LogP contribution is -2.15. The molecule has 0 saturated carbocycles. The van der Waals surface area contributed by atoms with E-state index in [1.54, 1.807) is 36.4 Å². The van der Waals surface area contributed by atoms with E-state index in [1.165, 1.54) is 0 Å². The van der Waals surface area contributed by atoms with Gasteiger partial charge in [-0.05, 0) is 44.2 Å². The molecule has 5 heteroatoms. The molecule has 1 N–H and O–H groups in total. The van der Waals surface area contributed by atoms with E-state index in [0.717, 1.165) is 0 Å². The summed E-state index contributed by atoms with van der Waals surface area (Å²) in [6.45, 7) is 3.81. The Labute approximate surface area is 133 Å². The molecule has 0 aliphatic rings. The number of carbonyl (C=O) groups excluding carboxylic acids is 1. The van der Waals surface area contributed by atoms with Crippen LogP contribution in [0.4, 0.5) is 5.69 Å². The topological polar surface area (TPSA) is 38.3 Å². The Morgan fingerprint density at radius 1 is 1.14 bits per heavy atom. The van der Waals surface area contributed by atoms with Crippen LogP contribution in [0, 0.1) is 0 Å². The third kappa shape index (κ3) is 4.13. The molecule has 0 heterocycles. The highest BCUT2D eigenvalue weighted by Crippen LogP contribution is 2.27. The van der Waals surface area contributed by atoms with Crippen LogP contribution < -0.4 is 10.1 Å². The summed E-state index contributed by atoms with van der Waals surface area (Å²) in [6.07, 6.45) is -0.0197. The van der Waals surface area contributed by atoms with E-state index in [-0.39, 0.29) is 12.0 Å². The van der Waals surface area contributed by atoms with Gasteiger partial charge in [0.1, 0.15) is 5.75 Å². The number of anilines is 1. The Kier molecular flexibility index (Phi) is 5.10.